The summed E-state index contributed by atoms with van der Waals surface area (Å²) in [5.74, 6) is 0.842. The van der Waals surface area contributed by atoms with Crippen molar-refractivity contribution in [1.29, 1.82) is 0 Å². The topological polar surface area (TPSA) is 71.6 Å². The van der Waals surface area contributed by atoms with Gasteiger partial charge in [-0.05, 0) is 24.6 Å². The fourth-order valence-electron chi connectivity index (χ4n) is 2.36. The van der Waals surface area contributed by atoms with E-state index in [1.165, 1.54) is 0 Å². The van der Waals surface area contributed by atoms with E-state index in [1.54, 1.807) is 6.20 Å². The summed E-state index contributed by atoms with van der Waals surface area (Å²) in [6.45, 7) is 3.76. The minimum atomic E-state index is -0.682. The Hall–Kier alpha value is -1.17. The Morgan fingerprint density at radius 2 is 2.21 bits per heavy atom. The van der Waals surface area contributed by atoms with E-state index >= 15 is 0 Å². The lowest BCUT2D eigenvalue weighted by Crippen LogP contribution is -2.46. The predicted octanol–water partition coefficient (Wildman–Crippen LogP) is 1.08. The molecule has 1 saturated heterocycles. The standard InChI is InChI=1S/C14H23N3O2/c1-11(15)12-3-6-16-13(9-12)17(2)10-14(18)4-7-19-8-5-14/h3,6,9,11,18H,4-5,7-8,10,15H2,1-2H3. The fourth-order valence-corrected chi connectivity index (χ4v) is 2.36. The summed E-state index contributed by atoms with van der Waals surface area (Å²) in [4.78, 5) is 6.33. The highest BCUT2D eigenvalue weighted by Gasteiger charge is 2.31. The molecule has 1 aliphatic rings. The summed E-state index contributed by atoms with van der Waals surface area (Å²) >= 11 is 0. The molecule has 19 heavy (non-hydrogen) atoms. The zero-order valence-electron chi connectivity index (χ0n) is 11.7. The third kappa shape index (κ3) is 3.65. The van der Waals surface area contributed by atoms with Gasteiger partial charge in [0.1, 0.15) is 5.82 Å². The Labute approximate surface area is 114 Å². The quantitative estimate of drug-likeness (QED) is 0.852. The molecule has 1 atom stereocenters. The van der Waals surface area contributed by atoms with Crippen LogP contribution in [0.2, 0.25) is 0 Å². The van der Waals surface area contributed by atoms with Gasteiger partial charge in [0.25, 0.3) is 0 Å². The van der Waals surface area contributed by atoms with Crippen LogP contribution in [0.4, 0.5) is 5.82 Å². The second-order valence-electron chi connectivity index (χ2n) is 5.43. The minimum absolute atomic E-state index is 0.0127. The predicted molar refractivity (Wildman–Crippen MR) is 75.1 cm³/mol. The number of pyridine rings is 1. The smallest absolute Gasteiger partial charge is 0.128 e. The number of aromatic nitrogens is 1. The average Bonchev–Trinajstić information content (AvgIpc) is 2.39. The molecule has 0 aromatic carbocycles. The molecule has 1 unspecified atom stereocenters. The molecule has 5 heteroatoms. The van der Waals surface area contributed by atoms with Gasteiger partial charge >= 0.3 is 0 Å². The summed E-state index contributed by atoms with van der Waals surface area (Å²) in [5.41, 5.74) is 6.25. The third-order valence-electron chi connectivity index (χ3n) is 3.64. The molecule has 5 nitrogen and oxygen atoms in total. The van der Waals surface area contributed by atoms with Crippen LogP contribution in [0.25, 0.3) is 0 Å². The van der Waals surface area contributed by atoms with Gasteiger partial charge in [-0.1, -0.05) is 0 Å². The first kappa shape index (κ1) is 14.2. The molecular weight excluding hydrogens is 242 g/mol. The van der Waals surface area contributed by atoms with Crippen LogP contribution in [0.5, 0.6) is 0 Å². The first-order chi connectivity index (χ1) is 9.00. The van der Waals surface area contributed by atoms with Crippen molar-refractivity contribution < 1.29 is 9.84 Å². The van der Waals surface area contributed by atoms with Crippen LogP contribution in [0.1, 0.15) is 31.4 Å². The van der Waals surface area contributed by atoms with E-state index in [4.69, 9.17) is 10.5 Å². The number of rotatable bonds is 4. The molecule has 1 fully saturated rings. The van der Waals surface area contributed by atoms with Gasteiger partial charge in [-0.25, -0.2) is 4.98 Å². The zero-order valence-corrected chi connectivity index (χ0v) is 11.7. The van der Waals surface area contributed by atoms with E-state index in [0.29, 0.717) is 32.6 Å². The minimum Gasteiger partial charge on any atom is -0.388 e. The SMILES string of the molecule is CC(N)c1ccnc(N(C)CC2(O)CCOCC2)c1. The molecule has 0 radical (unpaired) electrons. The lowest BCUT2D eigenvalue weighted by molar-refractivity contribution is -0.0573. The van der Waals surface area contributed by atoms with E-state index in [2.05, 4.69) is 4.98 Å². The van der Waals surface area contributed by atoms with Crippen molar-refractivity contribution in [3.63, 3.8) is 0 Å². The molecule has 0 amide bonds. The van der Waals surface area contributed by atoms with Crippen LogP contribution in [-0.4, -0.2) is 42.5 Å². The Bertz CT molecular complexity index is 417. The monoisotopic (exact) mass is 265 g/mol. The van der Waals surface area contributed by atoms with Crippen LogP contribution in [0.3, 0.4) is 0 Å². The van der Waals surface area contributed by atoms with Crippen LogP contribution in [0, 0.1) is 0 Å². The Morgan fingerprint density at radius 1 is 1.53 bits per heavy atom. The van der Waals surface area contributed by atoms with E-state index in [9.17, 15) is 5.11 Å². The maximum absolute atomic E-state index is 10.5. The molecule has 106 valence electrons. The van der Waals surface area contributed by atoms with Gasteiger partial charge in [-0.3, -0.25) is 0 Å². The number of ether oxygens (including phenoxy) is 1. The van der Waals surface area contributed by atoms with Crippen LogP contribution in [-0.2, 0) is 4.74 Å². The van der Waals surface area contributed by atoms with Crippen molar-refractivity contribution in [3.8, 4) is 0 Å². The normalized spacial score (nSPS) is 20.0. The van der Waals surface area contributed by atoms with E-state index in [0.717, 1.165) is 11.4 Å². The van der Waals surface area contributed by atoms with Crippen LogP contribution in [0.15, 0.2) is 18.3 Å². The molecule has 0 bridgehead atoms. The van der Waals surface area contributed by atoms with E-state index in [-0.39, 0.29) is 6.04 Å². The van der Waals surface area contributed by atoms with E-state index in [1.807, 2.05) is 31.0 Å². The van der Waals surface area contributed by atoms with Crippen LogP contribution < -0.4 is 10.6 Å². The number of likely N-dealkylation sites (N-methyl/N-ethyl adjacent to an activating group) is 1. The van der Waals surface area contributed by atoms with Gasteiger partial charge in [-0.2, -0.15) is 0 Å². The second-order valence-corrected chi connectivity index (χ2v) is 5.43. The first-order valence-electron chi connectivity index (χ1n) is 6.73. The Balaban J connectivity index is 2.06. The first-order valence-corrected chi connectivity index (χ1v) is 6.73. The van der Waals surface area contributed by atoms with Crippen molar-refractivity contribution in [1.82, 2.24) is 4.98 Å². The molecule has 1 aliphatic heterocycles. The largest absolute Gasteiger partial charge is 0.388 e. The van der Waals surface area contributed by atoms with E-state index < -0.39 is 5.60 Å². The molecule has 3 N–H and O–H groups in total. The van der Waals surface area contributed by atoms with Crippen molar-refractivity contribution in [2.75, 3.05) is 31.7 Å². The number of nitrogens with two attached hydrogens (primary N) is 1. The summed E-state index contributed by atoms with van der Waals surface area (Å²) in [6, 6.07) is 3.89. The van der Waals surface area contributed by atoms with Crippen LogP contribution >= 0.6 is 0 Å². The van der Waals surface area contributed by atoms with Crippen molar-refractivity contribution in [2.45, 2.75) is 31.4 Å². The highest BCUT2D eigenvalue weighted by Crippen LogP contribution is 2.24. The summed E-state index contributed by atoms with van der Waals surface area (Å²) in [7, 11) is 1.95. The molecule has 1 aromatic rings. The number of nitrogens with zero attached hydrogens (tertiary/aromatic N) is 2. The third-order valence-corrected chi connectivity index (χ3v) is 3.64. The lowest BCUT2D eigenvalue weighted by Gasteiger charge is -2.35. The van der Waals surface area contributed by atoms with Gasteiger partial charge < -0.3 is 20.5 Å². The van der Waals surface area contributed by atoms with Crippen molar-refractivity contribution in [2.24, 2.45) is 5.73 Å². The summed E-state index contributed by atoms with van der Waals surface area (Å²) in [5, 5.41) is 10.5. The van der Waals surface area contributed by atoms with Crippen molar-refractivity contribution >= 4 is 5.82 Å². The highest BCUT2D eigenvalue weighted by molar-refractivity contribution is 5.41. The molecule has 2 heterocycles. The van der Waals surface area contributed by atoms with Crippen molar-refractivity contribution in [3.05, 3.63) is 23.9 Å². The number of hydrogen-bond donors (Lipinski definition) is 2. The molecule has 1 aromatic heterocycles. The Kier molecular flexibility index (Phi) is 4.39. The number of aliphatic hydroxyl groups is 1. The average molecular weight is 265 g/mol. The molecule has 0 spiro atoms. The number of hydrogen-bond acceptors (Lipinski definition) is 5. The zero-order chi connectivity index (χ0) is 13.9. The van der Waals surface area contributed by atoms with Gasteiger partial charge in [-0.15, -0.1) is 0 Å². The highest BCUT2D eigenvalue weighted by atomic mass is 16.5. The fraction of sp³-hybridized carbons (Fsp3) is 0.643. The second kappa shape index (κ2) is 5.86. The maximum Gasteiger partial charge on any atom is 0.128 e. The molecule has 0 aliphatic carbocycles. The summed E-state index contributed by atoms with van der Waals surface area (Å²) in [6.07, 6.45) is 3.10. The maximum atomic E-state index is 10.5. The van der Waals surface area contributed by atoms with Gasteiger partial charge in [0.2, 0.25) is 0 Å². The van der Waals surface area contributed by atoms with Gasteiger partial charge in [0.05, 0.1) is 5.60 Å². The molecular formula is C14H23N3O2. The van der Waals surface area contributed by atoms with Gasteiger partial charge in [0.15, 0.2) is 0 Å². The number of anilines is 1. The molecule has 2 rings (SSSR count). The lowest BCUT2D eigenvalue weighted by atomic mass is 9.94. The molecule has 0 saturated carbocycles. The summed E-state index contributed by atoms with van der Waals surface area (Å²) < 4.78 is 5.29. The van der Waals surface area contributed by atoms with Gasteiger partial charge in [0, 0.05) is 51.9 Å². The Morgan fingerprint density at radius 3 is 2.84 bits per heavy atom.